The molecule has 0 bridgehead atoms. The summed E-state index contributed by atoms with van der Waals surface area (Å²) < 4.78 is 0. The van der Waals surface area contributed by atoms with Gasteiger partial charge in [0.1, 0.15) is 0 Å². The van der Waals surface area contributed by atoms with Gasteiger partial charge in [-0.1, -0.05) is 0 Å². The molecule has 2 aliphatic rings. The topological polar surface area (TPSA) is 12.0 Å². The van der Waals surface area contributed by atoms with E-state index >= 15 is 0 Å². The molecule has 1 atom stereocenters. The van der Waals surface area contributed by atoms with E-state index < -0.39 is 0 Å². The SMILES string of the molecule is C[C@@H]1NCCCC12CC2. The molecule has 1 saturated carbocycles. The van der Waals surface area contributed by atoms with Crippen molar-refractivity contribution >= 4 is 0 Å². The molecule has 0 aromatic rings. The van der Waals surface area contributed by atoms with Crippen molar-refractivity contribution < 1.29 is 0 Å². The van der Waals surface area contributed by atoms with Crippen LogP contribution in [-0.4, -0.2) is 12.6 Å². The van der Waals surface area contributed by atoms with Crippen LogP contribution in [0.5, 0.6) is 0 Å². The standard InChI is InChI=1S/C8H15N/c1-7-8(4-5-8)3-2-6-9-7/h7,9H,2-6H2,1H3/t7-/m0/s1. The van der Waals surface area contributed by atoms with Crippen molar-refractivity contribution in [2.45, 2.75) is 38.6 Å². The molecular formula is C8H15N. The summed E-state index contributed by atoms with van der Waals surface area (Å²) in [4.78, 5) is 0. The van der Waals surface area contributed by atoms with Crippen LogP contribution in [0.15, 0.2) is 0 Å². The van der Waals surface area contributed by atoms with E-state index in [2.05, 4.69) is 12.2 Å². The zero-order chi connectivity index (χ0) is 6.32. The van der Waals surface area contributed by atoms with Crippen molar-refractivity contribution in [3.63, 3.8) is 0 Å². The fourth-order valence-electron chi connectivity index (χ4n) is 2.04. The van der Waals surface area contributed by atoms with Crippen molar-refractivity contribution in [2.24, 2.45) is 5.41 Å². The summed E-state index contributed by atoms with van der Waals surface area (Å²) in [7, 11) is 0. The van der Waals surface area contributed by atoms with Crippen molar-refractivity contribution in [3.8, 4) is 0 Å². The number of hydrogen-bond donors (Lipinski definition) is 1. The summed E-state index contributed by atoms with van der Waals surface area (Å²) in [5.41, 5.74) is 0.776. The molecule has 2 fully saturated rings. The van der Waals surface area contributed by atoms with Gasteiger partial charge in [-0.05, 0) is 44.6 Å². The third-order valence-electron chi connectivity index (χ3n) is 3.11. The molecule has 0 radical (unpaired) electrons. The molecule has 0 unspecified atom stereocenters. The van der Waals surface area contributed by atoms with Gasteiger partial charge in [0.25, 0.3) is 0 Å². The van der Waals surface area contributed by atoms with Crippen LogP contribution in [0.4, 0.5) is 0 Å². The summed E-state index contributed by atoms with van der Waals surface area (Å²) >= 11 is 0. The van der Waals surface area contributed by atoms with Crippen LogP contribution in [0.1, 0.15) is 32.6 Å². The van der Waals surface area contributed by atoms with Gasteiger partial charge in [0.15, 0.2) is 0 Å². The zero-order valence-corrected chi connectivity index (χ0v) is 6.11. The predicted octanol–water partition coefficient (Wildman–Crippen LogP) is 1.54. The lowest BCUT2D eigenvalue weighted by atomic mass is 9.89. The van der Waals surface area contributed by atoms with E-state index in [4.69, 9.17) is 0 Å². The molecule has 1 saturated heterocycles. The molecule has 2 rings (SSSR count). The highest BCUT2D eigenvalue weighted by atomic mass is 15.0. The first-order valence-electron chi connectivity index (χ1n) is 4.07. The second-order valence-corrected chi connectivity index (χ2v) is 3.64. The van der Waals surface area contributed by atoms with Crippen LogP contribution < -0.4 is 5.32 Å². The molecule has 0 amide bonds. The quantitative estimate of drug-likeness (QED) is 0.518. The lowest BCUT2D eigenvalue weighted by Gasteiger charge is -2.29. The number of rotatable bonds is 0. The molecule has 52 valence electrons. The van der Waals surface area contributed by atoms with E-state index in [0.717, 1.165) is 11.5 Å². The average molecular weight is 125 g/mol. The second kappa shape index (κ2) is 1.72. The van der Waals surface area contributed by atoms with Crippen molar-refractivity contribution in [2.75, 3.05) is 6.54 Å². The minimum absolute atomic E-state index is 0.776. The van der Waals surface area contributed by atoms with E-state index in [1.807, 2.05) is 0 Å². The van der Waals surface area contributed by atoms with Crippen LogP contribution in [0.2, 0.25) is 0 Å². The first kappa shape index (κ1) is 5.72. The van der Waals surface area contributed by atoms with Gasteiger partial charge in [0.2, 0.25) is 0 Å². The maximum absolute atomic E-state index is 3.53. The normalized spacial score (nSPS) is 39.0. The third kappa shape index (κ3) is 0.787. The fourth-order valence-corrected chi connectivity index (χ4v) is 2.04. The Hall–Kier alpha value is -0.0400. The number of nitrogens with one attached hydrogen (secondary N) is 1. The number of hydrogen-bond acceptors (Lipinski definition) is 1. The fraction of sp³-hybridized carbons (Fsp3) is 1.00. The summed E-state index contributed by atoms with van der Waals surface area (Å²) in [5, 5.41) is 3.53. The molecule has 9 heavy (non-hydrogen) atoms. The van der Waals surface area contributed by atoms with Crippen molar-refractivity contribution in [1.82, 2.24) is 5.32 Å². The Bertz CT molecular complexity index is 116. The van der Waals surface area contributed by atoms with Crippen LogP contribution in [0.3, 0.4) is 0 Å². The van der Waals surface area contributed by atoms with E-state index in [0.29, 0.717) is 0 Å². The van der Waals surface area contributed by atoms with Gasteiger partial charge in [-0.3, -0.25) is 0 Å². The van der Waals surface area contributed by atoms with E-state index in [9.17, 15) is 0 Å². The molecule has 1 heterocycles. The molecule has 1 aliphatic heterocycles. The Morgan fingerprint density at radius 2 is 2.11 bits per heavy atom. The van der Waals surface area contributed by atoms with Gasteiger partial charge in [-0.2, -0.15) is 0 Å². The smallest absolute Gasteiger partial charge is 0.00952 e. The van der Waals surface area contributed by atoms with Gasteiger partial charge >= 0.3 is 0 Å². The van der Waals surface area contributed by atoms with Crippen molar-refractivity contribution in [1.29, 1.82) is 0 Å². The summed E-state index contributed by atoms with van der Waals surface area (Å²) in [6.07, 6.45) is 5.87. The molecule has 1 nitrogen and oxygen atoms in total. The zero-order valence-electron chi connectivity index (χ0n) is 6.11. The maximum Gasteiger partial charge on any atom is 0.00952 e. The Balaban J connectivity index is 2.03. The Labute approximate surface area is 56.8 Å². The molecule has 0 aromatic heterocycles. The van der Waals surface area contributed by atoms with Crippen molar-refractivity contribution in [3.05, 3.63) is 0 Å². The first-order valence-corrected chi connectivity index (χ1v) is 4.07. The van der Waals surface area contributed by atoms with E-state index in [-0.39, 0.29) is 0 Å². The number of piperidine rings is 1. The highest BCUT2D eigenvalue weighted by molar-refractivity contribution is 5.02. The van der Waals surface area contributed by atoms with Gasteiger partial charge in [-0.15, -0.1) is 0 Å². The van der Waals surface area contributed by atoms with E-state index in [1.165, 1.54) is 32.2 Å². The Morgan fingerprint density at radius 3 is 2.56 bits per heavy atom. The molecule has 1 N–H and O–H groups in total. The van der Waals surface area contributed by atoms with Gasteiger partial charge < -0.3 is 5.32 Å². The minimum atomic E-state index is 0.776. The molecular weight excluding hydrogens is 110 g/mol. The van der Waals surface area contributed by atoms with Gasteiger partial charge in [-0.25, -0.2) is 0 Å². The summed E-state index contributed by atoms with van der Waals surface area (Å²) in [5.74, 6) is 0. The van der Waals surface area contributed by atoms with Crippen LogP contribution in [0.25, 0.3) is 0 Å². The van der Waals surface area contributed by atoms with Crippen LogP contribution in [0, 0.1) is 5.41 Å². The second-order valence-electron chi connectivity index (χ2n) is 3.64. The molecule has 1 spiro atoms. The maximum atomic E-state index is 3.53. The van der Waals surface area contributed by atoms with Crippen LogP contribution in [-0.2, 0) is 0 Å². The highest BCUT2D eigenvalue weighted by Gasteiger charge is 2.47. The van der Waals surface area contributed by atoms with Crippen LogP contribution >= 0.6 is 0 Å². The Kier molecular flexibility index (Phi) is 1.10. The third-order valence-corrected chi connectivity index (χ3v) is 3.11. The largest absolute Gasteiger partial charge is 0.314 e. The lowest BCUT2D eigenvalue weighted by Crippen LogP contribution is -2.40. The first-order chi connectivity index (χ1) is 4.33. The minimum Gasteiger partial charge on any atom is -0.314 e. The molecule has 1 aliphatic carbocycles. The highest BCUT2D eigenvalue weighted by Crippen LogP contribution is 2.53. The average Bonchev–Trinajstić information content (AvgIpc) is 2.60. The summed E-state index contributed by atoms with van der Waals surface area (Å²) in [6.45, 7) is 3.59. The molecule has 1 heteroatoms. The monoisotopic (exact) mass is 125 g/mol. The Morgan fingerprint density at radius 1 is 1.33 bits per heavy atom. The van der Waals surface area contributed by atoms with E-state index in [1.54, 1.807) is 0 Å². The molecule has 0 aromatic carbocycles. The predicted molar refractivity (Wildman–Crippen MR) is 38.4 cm³/mol. The lowest BCUT2D eigenvalue weighted by molar-refractivity contribution is 0.274. The van der Waals surface area contributed by atoms with Gasteiger partial charge in [0.05, 0.1) is 0 Å². The summed E-state index contributed by atoms with van der Waals surface area (Å²) in [6, 6.07) is 0.811. The van der Waals surface area contributed by atoms with Gasteiger partial charge in [0, 0.05) is 6.04 Å².